The largest absolute Gasteiger partial charge is 0.383 e. The molecule has 1 aromatic heterocycles. The van der Waals surface area contributed by atoms with Crippen molar-refractivity contribution in [3.8, 4) is 0 Å². The third kappa shape index (κ3) is 4.85. The standard InChI is InChI=1S/C9H19N5O/c1-8(7-10-4-5-15-3)6-9-11-13-14(2)12-9/h8,10H,4-7H2,1-3H3. The second-order valence-electron chi connectivity index (χ2n) is 3.70. The van der Waals surface area contributed by atoms with Gasteiger partial charge in [0.25, 0.3) is 0 Å². The zero-order valence-electron chi connectivity index (χ0n) is 9.60. The average molecular weight is 213 g/mol. The van der Waals surface area contributed by atoms with Gasteiger partial charge in [-0.1, -0.05) is 6.92 Å². The Balaban J connectivity index is 2.15. The smallest absolute Gasteiger partial charge is 0.175 e. The van der Waals surface area contributed by atoms with Crippen molar-refractivity contribution >= 4 is 0 Å². The van der Waals surface area contributed by atoms with Crippen LogP contribution in [-0.4, -0.2) is 47.0 Å². The molecule has 0 saturated heterocycles. The number of ether oxygens (including phenoxy) is 1. The Hall–Kier alpha value is -1.01. The summed E-state index contributed by atoms with van der Waals surface area (Å²) >= 11 is 0. The highest BCUT2D eigenvalue weighted by molar-refractivity contribution is 4.80. The monoisotopic (exact) mass is 213 g/mol. The van der Waals surface area contributed by atoms with Crippen LogP contribution in [-0.2, 0) is 18.2 Å². The number of aromatic nitrogens is 4. The predicted octanol–water partition coefficient (Wildman–Crippen LogP) is -0.375. The number of aryl methyl sites for hydroxylation is 1. The Kier molecular flexibility index (Phi) is 5.20. The van der Waals surface area contributed by atoms with E-state index in [4.69, 9.17) is 4.74 Å². The van der Waals surface area contributed by atoms with Crippen LogP contribution < -0.4 is 5.32 Å². The maximum Gasteiger partial charge on any atom is 0.175 e. The Morgan fingerprint density at radius 2 is 2.33 bits per heavy atom. The van der Waals surface area contributed by atoms with Crippen LogP contribution in [0.4, 0.5) is 0 Å². The SMILES string of the molecule is COCCNCC(C)Cc1nnn(C)n1. The van der Waals surface area contributed by atoms with Crippen molar-refractivity contribution < 1.29 is 4.74 Å². The highest BCUT2D eigenvalue weighted by atomic mass is 16.5. The van der Waals surface area contributed by atoms with Crippen LogP contribution in [0, 0.1) is 5.92 Å². The van der Waals surface area contributed by atoms with Gasteiger partial charge in [-0.25, -0.2) is 0 Å². The third-order valence-corrected chi connectivity index (χ3v) is 2.06. The van der Waals surface area contributed by atoms with Gasteiger partial charge in [-0.2, -0.15) is 4.80 Å². The van der Waals surface area contributed by atoms with E-state index in [9.17, 15) is 0 Å². The van der Waals surface area contributed by atoms with Crippen LogP contribution in [0.2, 0.25) is 0 Å². The van der Waals surface area contributed by atoms with Crippen LogP contribution in [0.25, 0.3) is 0 Å². The maximum absolute atomic E-state index is 4.94. The van der Waals surface area contributed by atoms with Crippen LogP contribution in [0.3, 0.4) is 0 Å². The Bertz CT molecular complexity index is 275. The van der Waals surface area contributed by atoms with E-state index in [-0.39, 0.29) is 0 Å². The fourth-order valence-electron chi connectivity index (χ4n) is 1.31. The molecule has 6 nitrogen and oxygen atoms in total. The summed E-state index contributed by atoms with van der Waals surface area (Å²) in [5.41, 5.74) is 0. The van der Waals surface area contributed by atoms with Gasteiger partial charge in [-0.05, 0) is 17.7 Å². The number of tetrazole rings is 1. The van der Waals surface area contributed by atoms with Crippen LogP contribution in [0.15, 0.2) is 0 Å². The second kappa shape index (κ2) is 6.47. The van der Waals surface area contributed by atoms with E-state index in [1.165, 1.54) is 4.80 Å². The number of nitrogens with one attached hydrogen (secondary N) is 1. The zero-order chi connectivity index (χ0) is 11.1. The molecule has 1 atom stereocenters. The molecule has 6 heteroatoms. The minimum absolute atomic E-state index is 0.506. The Morgan fingerprint density at radius 3 is 2.93 bits per heavy atom. The molecule has 15 heavy (non-hydrogen) atoms. The molecule has 0 aliphatic heterocycles. The molecule has 0 saturated carbocycles. The molecule has 0 radical (unpaired) electrons. The molecule has 0 bridgehead atoms. The molecule has 0 amide bonds. The van der Waals surface area contributed by atoms with Crippen LogP contribution in [0.5, 0.6) is 0 Å². The first-order valence-electron chi connectivity index (χ1n) is 5.15. The number of rotatable bonds is 7. The van der Waals surface area contributed by atoms with Crippen molar-refractivity contribution in [1.29, 1.82) is 0 Å². The minimum atomic E-state index is 0.506. The molecule has 86 valence electrons. The van der Waals surface area contributed by atoms with Gasteiger partial charge in [0.2, 0.25) is 0 Å². The van der Waals surface area contributed by atoms with Crippen molar-refractivity contribution in [2.24, 2.45) is 13.0 Å². The van der Waals surface area contributed by atoms with E-state index in [1.54, 1.807) is 14.2 Å². The van der Waals surface area contributed by atoms with E-state index < -0.39 is 0 Å². The number of hydrogen-bond acceptors (Lipinski definition) is 5. The first kappa shape index (κ1) is 12.1. The summed E-state index contributed by atoms with van der Waals surface area (Å²) < 4.78 is 4.94. The average Bonchev–Trinajstić information content (AvgIpc) is 2.59. The van der Waals surface area contributed by atoms with E-state index in [1.807, 2.05) is 0 Å². The van der Waals surface area contributed by atoms with Gasteiger partial charge in [0.15, 0.2) is 5.82 Å². The lowest BCUT2D eigenvalue weighted by molar-refractivity contribution is 0.198. The first-order chi connectivity index (χ1) is 7.22. The highest BCUT2D eigenvalue weighted by Gasteiger charge is 2.07. The van der Waals surface area contributed by atoms with Crippen molar-refractivity contribution in [1.82, 2.24) is 25.5 Å². The van der Waals surface area contributed by atoms with E-state index in [2.05, 4.69) is 27.7 Å². The fraction of sp³-hybridized carbons (Fsp3) is 0.889. The summed E-state index contributed by atoms with van der Waals surface area (Å²) in [6.45, 7) is 4.74. The van der Waals surface area contributed by atoms with Crippen LogP contribution in [0.1, 0.15) is 12.7 Å². The second-order valence-corrected chi connectivity index (χ2v) is 3.70. The van der Waals surface area contributed by atoms with Gasteiger partial charge < -0.3 is 10.1 Å². The van der Waals surface area contributed by atoms with E-state index >= 15 is 0 Å². The molecule has 1 unspecified atom stereocenters. The molecular weight excluding hydrogens is 194 g/mol. The van der Waals surface area contributed by atoms with Gasteiger partial charge in [0.05, 0.1) is 13.7 Å². The number of hydrogen-bond donors (Lipinski definition) is 1. The lowest BCUT2D eigenvalue weighted by Gasteiger charge is -2.09. The van der Waals surface area contributed by atoms with Gasteiger partial charge in [-0.3, -0.25) is 0 Å². The van der Waals surface area contributed by atoms with Gasteiger partial charge in [0.1, 0.15) is 0 Å². The van der Waals surface area contributed by atoms with E-state index in [0.29, 0.717) is 5.92 Å². The normalized spacial score (nSPS) is 13.0. The zero-order valence-corrected chi connectivity index (χ0v) is 9.60. The third-order valence-electron chi connectivity index (χ3n) is 2.06. The predicted molar refractivity (Wildman–Crippen MR) is 56.4 cm³/mol. The minimum Gasteiger partial charge on any atom is -0.383 e. The lowest BCUT2D eigenvalue weighted by atomic mass is 10.1. The summed E-state index contributed by atoms with van der Waals surface area (Å²) in [6.07, 6.45) is 0.855. The lowest BCUT2D eigenvalue weighted by Crippen LogP contribution is -2.26. The molecule has 0 fully saturated rings. The molecule has 0 aromatic carbocycles. The van der Waals surface area contributed by atoms with Crippen molar-refractivity contribution in [2.45, 2.75) is 13.3 Å². The van der Waals surface area contributed by atoms with Crippen molar-refractivity contribution in [3.63, 3.8) is 0 Å². The summed E-state index contributed by atoms with van der Waals surface area (Å²) in [4.78, 5) is 1.49. The van der Waals surface area contributed by atoms with E-state index in [0.717, 1.165) is 31.9 Å². The summed E-state index contributed by atoms with van der Waals surface area (Å²) in [6, 6.07) is 0. The molecular formula is C9H19N5O. The molecule has 0 aliphatic carbocycles. The summed E-state index contributed by atoms with van der Waals surface area (Å²) in [7, 11) is 3.48. The van der Waals surface area contributed by atoms with Gasteiger partial charge in [-0.15, -0.1) is 10.2 Å². The Morgan fingerprint density at radius 1 is 1.53 bits per heavy atom. The quantitative estimate of drug-likeness (QED) is 0.626. The first-order valence-corrected chi connectivity index (χ1v) is 5.15. The molecule has 1 N–H and O–H groups in total. The molecule has 0 spiro atoms. The summed E-state index contributed by atoms with van der Waals surface area (Å²) in [5, 5.41) is 15.2. The van der Waals surface area contributed by atoms with Crippen LogP contribution >= 0.6 is 0 Å². The Labute approximate surface area is 90.0 Å². The number of nitrogens with zero attached hydrogens (tertiary/aromatic N) is 4. The van der Waals surface area contributed by atoms with Crippen molar-refractivity contribution in [2.75, 3.05) is 26.8 Å². The molecule has 0 aliphatic rings. The van der Waals surface area contributed by atoms with Gasteiger partial charge in [0, 0.05) is 20.1 Å². The maximum atomic E-state index is 4.94. The number of methoxy groups -OCH3 is 1. The molecule has 1 heterocycles. The topological polar surface area (TPSA) is 64.9 Å². The van der Waals surface area contributed by atoms with Gasteiger partial charge >= 0.3 is 0 Å². The highest BCUT2D eigenvalue weighted by Crippen LogP contribution is 2.00. The van der Waals surface area contributed by atoms with Crippen molar-refractivity contribution in [3.05, 3.63) is 5.82 Å². The molecule has 1 aromatic rings. The summed E-state index contributed by atoms with van der Waals surface area (Å²) in [5.74, 6) is 1.31. The fourth-order valence-corrected chi connectivity index (χ4v) is 1.31. The molecule has 1 rings (SSSR count).